The number of hydrogen-bond donors (Lipinski definition) is 0. The maximum atomic E-state index is 13.4. The van der Waals surface area contributed by atoms with Crippen LogP contribution in [0, 0.1) is 22.7 Å². The molecule has 0 heterocycles. The monoisotopic (exact) mass is 306 g/mol. The standard InChI is InChI=1S/C20H34O2/c1-5-19(6-2)13-9-11-15-12-10-14-20(7-3,8-4)18(22)16(15)17(19)21/h15-16H,5-14H2,1-4H3. The zero-order valence-corrected chi connectivity index (χ0v) is 15.0. The largest absolute Gasteiger partial charge is 0.298 e. The van der Waals surface area contributed by atoms with Gasteiger partial charge < -0.3 is 0 Å². The van der Waals surface area contributed by atoms with Gasteiger partial charge in [-0.3, -0.25) is 9.59 Å². The van der Waals surface area contributed by atoms with Crippen LogP contribution in [-0.4, -0.2) is 11.6 Å². The Morgan fingerprint density at radius 1 is 0.773 bits per heavy atom. The van der Waals surface area contributed by atoms with E-state index in [1.165, 1.54) is 0 Å². The molecule has 0 bridgehead atoms. The van der Waals surface area contributed by atoms with Crippen LogP contribution in [0.2, 0.25) is 0 Å². The Morgan fingerprint density at radius 2 is 1.14 bits per heavy atom. The fourth-order valence-electron chi connectivity index (χ4n) is 5.24. The molecular weight excluding hydrogens is 272 g/mol. The van der Waals surface area contributed by atoms with Crippen molar-refractivity contribution in [3.8, 4) is 0 Å². The highest BCUT2D eigenvalue weighted by Crippen LogP contribution is 2.50. The number of carbonyl (C=O) groups excluding carboxylic acids is 2. The zero-order valence-electron chi connectivity index (χ0n) is 15.0. The molecule has 2 fully saturated rings. The molecule has 2 aliphatic carbocycles. The van der Waals surface area contributed by atoms with Gasteiger partial charge in [-0.05, 0) is 57.3 Å². The van der Waals surface area contributed by atoms with Crippen molar-refractivity contribution in [1.82, 2.24) is 0 Å². The molecule has 2 heteroatoms. The summed E-state index contributed by atoms with van der Waals surface area (Å²) >= 11 is 0. The summed E-state index contributed by atoms with van der Waals surface area (Å²) in [5, 5.41) is 0. The highest BCUT2D eigenvalue weighted by atomic mass is 16.2. The summed E-state index contributed by atoms with van der Waals surface area (Å²) in [7, 11) is 0. The van der Waals surface area contributed by atoms with Gasteiger partial charge in [0.1, 0.15) is 11.6 Å². The summed E-state index contributed by atoms with van der Waals surface area (Å²) in [4.78, 5) is 26.9. The molecule has 0 aromatic carbocycles. The number of ketones is 2. The molecule has 0 atom stereocenters. The van der Waals surface area contributed by atoms with Gasteiger partial charge in [0, 0.05) is 10.8 Å². The molecule has 2 nitrogen and oxygen atoms in total. The van der Waals surface area contributed by atoms with E-state index in [0.717, 1.165) is 64.2 Å². The highest BCUT2D eigenvalue weighted by Gasteiger charge is 2.52. The van der Waals surface area contributed by atoms with Crippen LogP contribution in [0.1, 0.15) is 91.9 Å². The lowest BCUT2D eigenvalue weighted by molar-refractivity contribution is -0.146. The third kappa shape index (κ3) is 2.67. The molecule has 0 amide bonds. The smallest absolute Gasteiger partial charge is 0.149 e. The molecule has 0 saturated heterocycles. The fraction of sp³-hybridized carbons (Fsp3) is 0.900. The molecule has 0 unspecified atom stereocenters. The predicted molar refractivity (Wildman–Crippen MR) is 90.7 cm³/mol. The van der Waals surface area contributed by atoms with Crippen molar-refractivity contribution < 1.29 is 9.59 Å². The topological polar surface area (TPSA) is 34.1 Å². The summed E-state index contributed by atoms with van der Waals surface area (Å²) in [6, 6.07) is 0. The second-order valence-corrected chi connectivity index (χ2v) is 7.73. The van der Waals surface area contributed by atoms with Crippen LogP contribution in [0.5, 0.6) is 0 Å². The van der Waals surface area contributed by atoms with Gasteiger partial charge in [0.15, 0.2) is 0 Å². The molecule has 0 radical (unpaired) electrons. The highest BCUT2D eigenvalue weighted by molar-refractivity contribution is 6.07. The Balaban J connectivity index is 2.45. The summed E-state index contributed by atoms with van der Waals surface area (Å²) < 4.78 is 0. The van der Waals surface area contributed by atoms with E-state index in [1.54, 1.807) is 0 Å². The van der Waals surface area contributed by atoms with E-state index in [1.807, 2.05) is 0 Å². The van der Waals surface area contributed by atoms with Gasteiger partial charge in [0.2, 0.25) is 0 Å². The summed E-state index contributed by atoms with van der Waals surface area (Å²) in [5.41, 5.74) is -0.459. The van der Waals surface area contributed by atoms with E-state index in [2.05, 4.69) is 27.7 Å². The minimum absolute atomic E-state index is 0.230. The lowest BCUT2D eigenvalue weighted by Crippen LogP contribution is -2.45. The molecular formula is C20H34O2. The number of hydrogen-bond acceptors (Lipinski definition) is 2. The Morgan fingerprint density at radius 3 is 1.45 bits per heavy atom. The Kier molecular flexibility index (Phi) is 5.50. The van der Waals surface area contributed by atoms with Gasteiger partial charge in [0.25, 0.3) is 0 Å². The molecule has 2 rings (SSSR count). The lowest BCUT2D eigenvalue weighted by atomic mass is 9.65. The molecule has 2 aliphatic rings. The third-order valence-electron chi connectivity index (χ3n) is 7.25. The summed E-state index contributed by atoms with van der Waals surface area (Å²) in [6.45, 7) is 8.54. The summed E-state index contributed by atoms with van der Waals surface area (Å²) in [6.07, 6.45) is 9.94. The van der Waals surface area contributed by atoms with E-state index in [4.69, 9.17) is 0 Å². The average Bonchev–Trinajstić information content (AvgIpc) is 2.77. The van der Waals surface area contributed by atoms with Gasteiger partial charge >= 0.3 is 0 Å². The van der Waals surface area contributed by atoms with Gasteiger partial charge in [0.05, 0.1) is 5.92 Å². The van der Waals surface area contributed by atoms with Crippen molar-refractivity contribution >= 4 is 11.6 Å². The van der Waals surface area contributed by atoms with Crippen LogP contribution in [0.15, 0.2) is 0 Å². The molecule has 0 aromatic heterocycles. The molecule has 22 heavy (non-hydrogen) atoms. The molecule has 0 aliphatic heterocycles. The maximum Gasteiger partial charge on any atom is 0.149 e. The van der Waals surface area contributed by atoms with E-state index in [9.17, 15) is 9.59 Å². The van der Waals surface area contributed by atoms with Crippen LogP contribution in [0.25, 0.3) is 0 Å². The van der Waals surface area contributed by atoms with E-state index in [0.29, 0.717) is 17.5 Å². The molecule has 0 aromatic rings. The SMILES string of the molecule is CCC1(CC)CCCC2CCCC(CC)(CC)C(=O)C2C1=O. The van der Waals surface area contributed by atoms with Crippen molar-refractivity contribution in [2.45, 2.75) is 91.9 Å². The Bertz CT molecular complexity index is 377. The minimum atomic E-state index is -0.301. The van der Waals surface area contributed by atoms with Gasteiger partial charge in [-0.25, -0.2) is 0 Å². The first-order valence-corrected chi connectivity index (χ1v) is 9.59. The average molecular weight is 306 g/mol. The number of rotatable bonds is 4. The third-order valence-corrected chi connectivity index (χ3v) is 7.25. The van der Waals surface area contributed by atoms with Crippen LogP contribution in [-0.2, 0) is 9.59 Å². The van der Waals surface area contributed by atoms with Gasteiger partial charge in [-0.2, -0.15) is 0 Å². The normalized spacial score (nSPS) is 31.3. The maximum absolute atomic E-state index is 13.4. The molecule has 126 valence electrons. The number of Topliss-reactive ketones (excluding diaryl/α,β-unsaturated/α-hetero) is 2. The fourth-order valence-corrected chi connectivity index (χ4v) is 5.24. The second-order valence-electron chi connectivity index (χ2n) is 7.73. The first-order chi connectivity index (χ1) is 10.5. The van der Waals surface area contributed by atoms with Crippen LogP contribution in [0.3, 0.4) is 0 Å². The minimum Gasteiger partial charge on any atom is -0.298 e. The number of carbonyl (C=O) groups is 2. The number of fused-ring (bicyclic) bond motifs is 1. The lowest BCUT2D eigenvalue weighted by Gasteiger charge is -2.36. The molecule has 0 N–H and O–H groups in total. The molecule has 2 saturated carbocycles. The van der Waals surface area contributed by atoms with Crippen molar-refractivity contribution in [1.29, 1.82) is 0 Å². The van der Waals surface area contributed by atoms with Crippen LogP contribution >= 0.6 is 0 Å². The van der Waals surface area contributed by atoms with Gasteiger partial charge in [-0.15, -0.1) is 0 Å². The van der Waals surface area contributed by atoms with Gasteiger partial charge in [-0.1, -0.05) is 40.5 Å². The van der Waals surface area contributed by atoms with E-state index >= 15 is 0 Å². The van der Waals surface area contributed by atoms with Crippen LogP contribution in [0.4, 0.5) is 0 Å². The predicted octanol–water partition coefficient (Wildman–Crippen LogP) is 5.34. The molecule has 0 spiro atoms. The quantitative estimate of drug-likeness (QED) is 0.657. The zero-order chi connectivity index (χ0) is 16.4. The van der Waals surface area contributed by atoms with Crippen LogP contribution < -0.4 is 0 Å². The summed E-state index contributed by atoms with van der Waals surface area (Å²) in [5.74, 6) is 0.626. The van der Waals surface area contributed by atoms with Crippen molar-refractivity contribution in [3.63, 3.8) is 0 Å². The Labute approximate surface area is 136 Å². The Hall–Kier alpha value is -0.660. The van der Waals surface area contributed by atoms with Crippen molar-refractivity contribution in [3.05, 3.63) is 0 Å². The van der Waals surface area contributed by atoms with Crippen molar-refractivity contribution in [2.75, 3.05) is 0 Å². The van der Waals surface area contributed by atoms with Crippen molar-refractivity contribution in [2.24, 2.45) is 22.7 Å². The first-order valence-electron chi connectivity index (χ1n) is 9.59. The first kappa shape index (κ1) is 17.7. The van der Waals surface area contributed by atoms with E-state index in [-0.39, 0.29) is 16.7 Å². The van der Waals surface area contributed by atoms with E-state index < -0.39 is 0 Å². The second kappa shape index (κ2) is 6.84.